The molecule has 3 aromatic rings. The van der Waals surface area contributed by atoms with Gasteiger partial charge in [-0.2, -0.15) is 5.10 Å². The number of hydrogen-bond donors (Lipinski definition) is 1. The van der Waals surface area contributed by atoms with Gasteiger partial charge in [-0.25, -0.2) is 0 Å². The van der Waals surface area contributed by atoms with E-state index in [4.69, 9.17) is 9.47 Å². The van der Waals surface area contributed by atoms with Crippen molar-refractivity contribution in [3.8, 4) is 11.5 Å². The van der Waals surface area contributed by atoms with Crippen molar-refractivity contribution < 1.29 is 19.1 Å². The molecule has 2 amide bonds. The van der Waals surface area contributed by atoms with Gasteiger partial charge in [-0.15, -0.1) is 0 Å². The SMILES string of the molecule is COc1ccc(CNC(=O)C2CN(C(=O)Cc3ccc(OC)cc3)Cc3cn(C)nc32)cc1. The zero-order chi connectivity index (χ0) is 23.4. The van der Waals surface area contributed by atoms with Gasteiger partial charge in [0.15, 0.2) is 0 Å². The van der Waals surface area contributed by atoms with E-state index in [0.717, 1.165) is 33.9 Å². The average Bonchev–Trinajstić information content (AvgIpc) is 3.22. The van der Waals surface area contributed by atoms with Crippen molar-refractivity contribution in [2.24, 2.45) is 7.05 Å². The van der Waals surface area contributed by atoms with Gasteiger partial charge < -0.3 is 19.7 Å². The average molecular weight is 449 g/mol. The van der Waals surface area contributed by atoms with Crippen LogP contribution in [-0.2, 0) is 36.1 Å². The molecular formula is C25H28N4O4. The Bertz CT molecular complexity index is 1120. The van der Waals surface area contributed by atoms with Crippen LogP contribution in [0.2, 0.25) is 0 Å². The van der Waals surface area contributed by atoms with Crippen LogP contribution >= 0.6 is 0 Å². The minimum absolute atomic E-state index is 0.0253. The van der Waals surface area contributed by atoms with Crippen LogP contribution in [0.25, 0.3) is 0 Å². The lowest BCUT2D eigenvalue weighted by atomic mass is 9.95. The van der Waals surface area contributed by atoms with Crippen molar-refractivity contribution in [1.29, 1.82) is 0 Å². The minimum atomic E-state index is -0.520. The molecular weight excluding hydrogens is 420 g/mol. The number of aryl methyl sites for hydroxylation is 1. The smallest absolute Gasteiger partial charge is 0.231 e. The van der Waals surface area contributed by atoms with E-state index < -0.39 is 5.92 Å². The van der Waals surface area contributed by atoms with E-state index in [-0.39, 0.29) is 18.2 Å². The van der Waals surface area contributed by atoms with Crippen molar-refractivity contribution in [2.45, 2.75) is 25.4 Å². The lowest BCUT2D eigenvalue weighted by molar-refractivity contribution is -0.133. The van der Waals surface area contributed by atoms with E-state index in [1.165, 1.54) is 0 Å². The second-order valence-corrected chi connectivity index (χ2v) is 8.13. The molecule has 1 unspecified atom stereocenters. The summed E-state index contributed by atoms with van der Waals surface area (Å²) in [7, 11) is 5.05. The molecule has 172 valence electrons. The normalized spacial score (nSPS) is 15.0. The summed E-state index contributed by atoms with van der Waals surface area (Å²) in [6.07, 6.45) is 2.14. The molecule has 1 aliphatic rings. The lowest BCUT2D eigenvalue weighted by Gasteiger charge is -2.31. The lowest BCUT2D eigenvalue weighted by Crippen LogP contribution is -2.44. The summed E-state index contributed by atoms with van der Waals surface area (Å²) in [5.74, 6) is 0.822. The summed E-state index contributed by atoms with van der Waals surface area (Å²) in [6.45, 7) is 1.13. The predicted molar refractivity (Wildman–Crippen MR) is 123 cm³/mol. The number of carbonyl (C=O) groups excluding carboxylic acids is 2. The number of carbonyl (C=O) groups is 2. The first-order valence-electron chi connectivity index (χ1n) is 10.8. The molecule has 8 nitrogen and oxygen atoms in total. The molecule has 0 bridgehead atoms. The van der Waals surface area contributed by atoms with Crippen LogP contribution in [0.5, 0.6) is 11.5 Å². The van der Waals surface area contributed by atoms with Crippen LogP contribution in [0.3, 0.4) is 0 Å². The van der Waals surface area contributed by atoms with Crippen LogP contribution in [0.4, 0.5) is 0 Å². The number of methoxy groups -OCH3 is 2. The van der Waals surface area contributed by atoms with Gasteiger partial charge in [0.1, 0.15) is 11.5 Å². The highest BCUT2D eigenvalue weighted by Crippen LogP contribution is 2.28. The summed E-state index contributed by atoms with van der Waals surface area (Å²) in [4.78, 5) is 27.9. The summed E-state index contributed by atoms with van der Waals surface area (Å²) in [5.41, 5.74) is 3.50. The number of amides is 2. The monoisotopic (exact) mass is 448 g/mol. The van der Waals surface area contributed by atoms with Crippen molar-refractivity contribution in [2.75, 3.05) is 20.8 Å². The number of hydrogen-bond acceptors (Lipinski definition) is 5. The first-order valence-corrected chi connectivity index (χ1v) is 10.8. The van der Waals surface area contributed by atoms with E-state index in [1.54, 1.807) is 23.8 Å². The molecule has 0 saturated carbocycles. The number of rotatable bonds is 7. The molecule has 0 fully saturated rings. The first kappa shape index (κ1) is 22.4. The summed E-state index contributed by atoms with van der Waals surface area (Å²) < 4.78 is 12.1. The molecule has 1 aromatic heterocycles. The third kappa shape index (κ3) is 5.16. The largest absolute Gasteiger partial charge is 0.497 e. The van der Waals surface area contributed by atoms with Crippen molar-refractivity contribution in [1.82, 2.24) is 20.0 Å². The maximum absolute atomic E-state index is 13.1. The zero-order valence-electron chi connectivity index (χ0n) is 19.1. The maximum Gasteiger partial charge on any atom is 0.231 e. The van der Waals surface area contributed by atoms with Crippen molar-refractivity contribution in [3.63, 3.8) is 0 Å². The standard InChI is InChI=1S/C25H28N4O4/c1-28-14-19-15-29(23(30)12-17-4-8-20(32-2)9-5-17)16-22(24(19)27-28)25(31)26-13-18-6-10-21(33-3)11-7-18/h4-11,14,22H,12-13,15-16H2,1-3H3,(H,26,31). The van der Waals surface area contributed by atoms with Gasteiger partial charge >= 0.3 is 0 Å². The van der Waals surface area contributed by atoms with Gasteiger partial charge in [-0.3, -0.25) is 14.3 Å². The number of benzene rings is 2. The molecule has 1 atom stereocenters. The Hall–Kier alpha value is -3.81. The predicted octanol–water partition coefficient (Wildman–Crippen LogP) is 2.42. The Morgan fingerprint density at radius 3 is 2.21 bits per heavy atom. The number of ether oxygens (including phenoxy) is 2. The zero-order valence-corrected chi connectivity index (χ0v) is 19.1. The molecule has 4 rings (SSSR count). The highest BCUT2D eigenvalue weighted by molar-refractivity contribution is 5.86. The maximum atomic E-state index is 13.1. The molecule has 1 aliphatic heterocycles. The third-order valence-electron chi connectivity index (χ3n) is 5.84. The number of nitrogens with zero attached hydrogens (tertiary/aromatic N) is 3. The fraction of sp³-hybridized carbons (Fsp3) is 0.320. The molecule has 2 aromatic carbocycles. The van der Waals surface area contributed by atoms with E-state index in [2.05, 4.69) is 10.4 Å². The van der Waals surface area contributed by atoms with E-state index in [9.17, 15) is 9.59 Å². The summed E-state index contributed by atoms with van der Waals surface area (Å²) in [6, 6.07) is 15.0. The second kappa shape index (κ2) is 9.77. The topological polar surface area (TPSA) is 85.7 Å². The molecule has 1 N–H and O–H groups in total. The molecule has 2 heterocycles. The van der Waals surface area contributed by atoms with Gasteiger partial charge in [0.05, 0.1) is 32.3 Å². The Morgan fingerprint density at radius 1 is 1.00 bits per heavy atom. The molecule has 8 heteroatoms. The highest BCUT2D eigenvalue weighted by atomic mass is 16.5. The van der Waals surface area contributed by atoms with Crippen LogP contribution < -0.4 is 14.8 Å². The van der Waals surface area contributed by atoms with Gasteiger partial charge in [0.2, 0.25) is 11.8 Å². The summed E-state index contributed by atoms with van der Waals surface area (Å²) in [5, 5.41) is 7.51. The molecule has 0 aliphatic carbocycles. The Morgan fingerprint density at radius 2 is 1.61 bits per heavy atom. The van der Waals surface area contributed by atoms with E-state index in [0.29, 0.717) is 19.6 Å². The van der Waals surface area contributed by atoms with Gasteiger partial charge in [-0.05, 0) is 35.4 Å². The Labute approximate surface area is 193 Å². The summed E-state index contributed by atoms with van der Waals surface area (Å²) >= 11 is 0. The number of nitrogens with one attached hydrogen (secondary N) is 1. The minimum Gasteiger partial charge on any atom is -0.497 e. The van der Waals surface area contributed by atoms with Gasteiger partial charge in [0.25, 0.3) is 0 Å². The van der Waals surface area contributed by atoms with Gasteiger partial charge in [0, 0.05) is 38.4 Å². The van der Waals surface area contributed by atoms with Crippen LogP contribution in [0, 0.1) is 0 Å². The van der Waals surface area contributed by atoms with E-state index >= 15 is 0 Å². The highest BCUT2D eigenvalue weighted by Gasteiger charge is 2.35. The molecule has 33 heavy (non-hydrogen) atoms. The van der Waals surface area contributed by atoms with Crippen molar-refractivity contribution >= 4 is 11.8 Å². The van der Waals surface area contributed by atoms with E-state index in [1.807, 2.05) is 61.8 Å². The fourth-order valence-electron chi connectivity index (χ4n) is 4.03. The Kier molecular flexibility index (Phi) is 6.63. The molecule has 0 saturated heterocycles. The third-order valence-corrected chi connectivity index (χ3v) is 5.84. The van der Waals surface area contributed by atoms with Gasteiger partial charge in [-0.1, -0.05) is 24.3 Å². The second-order valence-electron chi connectivity index (χ2n) is 8.13. The first-order chi connectivity index (χ1) is 16.0. The fourth-order valence-corrected chi connectivity index (χ4v) is 4.03. The molecule has 0 spiro atoms. The number of fused-ring (bicyclic) bond motifs is 1. The van der Waals surface area contributed by atoms with Crippen molar-refractivity contribution in [3.05, 3.63) is 77.1 Å². The quantitative estimate of drug-likeness (QED) is 0.600. The van der Waals surface area contributed by atoms with Crippen LogP contribution in [0.15, 0.2) is 54.7 Å². The number of aromatic nitrogens is 2. The van der Waals surface area contributed by atoms with Crippen LogP contribution in [0.1, 0.15) is 28.3 Å². The Balaban J connectivity index is 1.45. The molecule has 0 radical (unpaired) electrons. The van der Waals surface area contributed by atoms with Crippen LogP contribution in [-0.4, -0.2) is 47.3 Å².